The molecule has 0 aromatic heterocycles. The maximum Gasteiger partial charge on any atom is 0.258 e. The van der Waals surface area contributed by atoms with Crippen molar-refractivity contribution < 1.29 is 17.9 Å². The van der Waals surface area contributed by atoms with Crippen LogP contribution in [0.5, 0.6) is 5.75 Å². The van der Waals surface area contributed by atoms with Crippen LogP contribution < -0.4 is 9.64 Å². The van der Waals surface area contributed by atoms with Crippen LogP contribution >= 0.6 is 0 Å². The predicted octanol–water partition coefficient (Wildman–Crippen LogP) is 4.16. The average molecular weight is 443 g/mol. The van der Waals surface area contributed by atoms with Crippen LogP contribution in [0.15, 0.2) is 41.3 Å². The molecule has 1 saturated heterocycles. The average Bonchev–Trinajstić information content (AvgIpc) is 3.08. The van der Waals surface area contributed by atoms with E-state index in [-0.39, 0.29) is 16.6 Å². The second-order valence-corrected chi connectivity index (χ2v) is 10.3. The van der Waals surface area contributed by atoms with E-state index in [1.807, 2.05) is 19.1 Å². The summed E-state index contributed by atoms with van der Waals surface area (Å²) in [5.74, 6) is 0.0928. The molecule has 1 fully saturated rings. The van der Waals surface area contributed by atoms with Crippen LogP contribution in [0.4, 0.5) is 5.69 Å². The Bertz CT molecular complexity index is 1070. The Kier molecular flexibility index (Phi) is 6.34. The molecule has 2 aromatic rings. The lowest BCUT2D eigenvalue weighted by Crippen LogP contribution is -2.36. The number of ether oxygens (including phenoxy) is 1. The fraction of sp³-hybridized carbons (Fsp3) is 0.458. The number of benzene rings is 2. The molecule has 6 nitrogen and oxygen atoms in total. The highest BCUT2D eigenvalue weighted by atomic mass is 32.2. The van der Waals surface area contributed by atoms with Crippen molar-refractivity contribution in [3.8, 4) is 5.75 Å². The smallest absolute Gasteiger partial charge is 0.258 e. The number of anilines is 1. The van der Waals surface area contributed by atoms with Gasteiger partial charge in [-0.3, -0.25) is 4.79 Å². The molecule has 0 bridgehead atoms. The molecule has 7 heteroatoms. The molecular formula is C24H30N2O4S. The van der Waals surface area contributed by atoms with E-state index in [2.05, 4.69) is 6.07 Å². The molecule has 2 aliphatic rings. The first-order valence-corrected chi connectivity index (χ1v) is 12.5. The Balaban J connectivity index is 1.70. The molecule has 0 N–H and O–H groups in total. The summed E-state index contributed by atoms with van der Waals surface area (Å²) in [6.07, 6.45) is 5.61. The molecule has 31 heavy (non-hydrogen) atoms. The number of amides is 1. The summed E-state index contributed by atoms with van der Waals surface area (Å²) in [5, 5.41) is 0. The monoisotopic (exact) mass is 442 g/mol. The number of methoxy groups -OCH3 is 1. The van der Waals surface area contributed by atoms with Crippen LogP contribution in [0.2, 0.25) is 0 Å². The lowest BCUT2D eigenvalue weighted by Gasteiger charge is -2.30. The molecule has 2 aliphatic heterocycles. The molecule has 2 heterocycles. The summed E-state index contributed by atoms with van der Waals surface area (Å²) in [5.41, 5.74) is 3.60. The van der Waals surface area contributed by atoms with Gasteiger partial charge in [0.25, 0.3) is 5.91 Å². The molecule has 166 valence electrons. The SMILES string of the molecule is COc1ccc(C(=O)N2CCCc3cc(C)ccc32)cc1S(=O)(=O)N1CCCCCC1. The Morgan fingerprint density at radius 1 is 0.935 bits per heavy atom. The molecule has 2 aromatic carbocycles. The van der Waals surface area contributed by atoms with Gasteiger partial charge in [0.2, 0.25) is 10.0 Å². The van der Waals surface area contributed by atoms with Crippen molar-refractivity contribution in [3.05, 3.63) is 53.1 Å². The molecule has 0 radical (unpaired) electrons. The number of nitrogens with zero attached hydrogens (tertiary/aromatic N) is 2. The maximum atomic E-state index is 13.4. The third kappa shape index (κ3) is 4.34. The summed E-state index contributed by atoms with van der Waals surface area (Å²) >= 11 is 0. The zero-order valence-electron chi connectivity index (χ0n) is 18.3. The molecule has 0 aliphatic carbocycles. The van der Waals surface area contributed by atoms with Gasteiger partial charge in [0, 0.05) is 30.9 Å². The summed E-state index contributed by atoms with van der Waals surface area (Å²) < 4.78 is 33.8. The minimum Gasteiger partial charge on any atom is -0.495 e. The van der Waals surface area contributed by atoms with E-state index in [0.717, 1.165) is 49.8 Å². The lowest BCUT2D eigenvalue weighted by molar-refractivity contribution is 0.0985. The van der Waals surface area contributed by atoms with Crippen LogP contribution in [0.3, 0.4) is 0 Å². The Hall–Kier alpha value is -2.38. The van der Waals surface area contributed by atoms with E-state index in [1.165, 1.54) is 23.0 Å². The van der Waals surface area contributed by atoms with Crippen LogP contribution in [-0.4, -0.2) is 45.4 Å². The van der Waals surface area contributed by atoms with Gasteiger partial charge in [-0.25, -0.2) is 8.42 Å². The van der Waals surface area contributed by atoms with Gasteiger partial charge in [-0.05, 0) is 62.4 Å². The highest BCUT2D eigenvalue weighted by Gasteiger charge is 2.30. The Morgan fingerprint density at radius 3 is 2.39 bits per heavy atom. The van der Waals surface area contributed by atoms with E-state index in [9.17, 15) is 13.2 Å². The summed E-state index contributed by atoms with van der Waals surface area (Å²) in [6, 6.07) is 10.9. The van der Waals surface area contributed by atoms with Gasteiger partial charge >= 0.3 is 0 Å². The van der Waals surface area contributed by atoms with E-state index < -0.39 is 10.0 Å². The molecule has 4 rings (SSSR count). The van der Waals surface area contributed by atoms with Crippen molar-refractivity contribution in [1.29, 1.82) is 0 Å². The zero-order valence-corrected chi connectivity index (χ0v) is 19.1. The van der Waals surface area contributed by atoms with Crippen LogP contribution in [0, 0.1) is 6.92 Å². The van der Waals surface area contributed by atoms with E-state index >= 15 is 0 Å². The largest absolute Gasteiger partial charge is 0.495 e. The van der Waals surface area contributed by atoms with Crippen molar-refractivity contribution in [2.45, 2.75) is 50.3 Å². The van der Waals surface area contributed by atoms with Crippen molar-refractivity contribution in [2.75, 3.05) is 31.6 Å². The first kappa shape index (κ1) is 21.8. The van der Waals surface area contributed by atoms with Gasteiger partial charge in [-0.15, -0.1) is 0 Å². The fourth-order valence-electron chi connectivity index (χ4n) is 4.53. The Labute approximate surface area is 184 Å². The van der Waals surface area contributed by atoms with Gasteiger partial charge in [-0.1, -0.05) is 30.5 Å². The molecule has 1 amide bonds. The van der Waals surface area contributed by atoms with Crippen molar-refractivity contribution in [1.82, 2.24) is 4.31 Å². The number of carbonyl (C=O) groups excluding carboxylic acids is 1. The standard InChI is InChI=1S/C24H30N2O4S/c1-18-9-11-21-19(16-18)8-7-15-26(21)24(27)20-10-12-22(30-2)23(17-20)31(28,29)25-13-5-3-4-6-14-25/h9-12,16-17H,3-8,13-15H2,1-2H3. The van der Waals surface area contributed by atoms with Gasteiger partial charge < -0.3 is 9.64 Å². The zero-order chi connectivity index (χ0) is 22.0. The number of hydrogen-bond donors (Lipinski definition) is 0. The van der Waals surface area contributed by atoms with Crippen molar-refractivity contribution >= 4 is 21.6 Å². The van der Waals surface area contributed by atoms with Crippen molar-refractivity contribution in [3.63, 3.8) is 0 Å². The van der Waals surface area contributed by atoms with E-state index in [0.29, 0.717) is 25.2 Å². The minimum atomic E-state index is -3.74. The predicted molar refractivity (Wildman–Crippen MR) is 121 cm³/mol. The highest BCUT2D eigenvalue weighted by molar-refractivity contribution is 7.89. The molecular weight excluding hydrogens is 412 g/mol. The summed E-state index contributed by atoms with van der Waals surface area (Å²) in [7, 11) is -2.28. The van der Waals surface area contributed by atoms with Gasteiger partial charge in [0.1, 0.15) is 10.6 Å². The van der Waals surface area contributed by atoms with Crippen LogP contribution in [0.1, 0.15) is 53.6 Å². The topological polar surface area (TPSA) is 66.9 Å². The number of aryl methyl sites for hydroxylation is 2. The number of rotatable bonds is 4. The second-order valence-electron chi connectivity index (χ2n) is 8.38. The summed E-state index contributed by atoms with van der Waals surface area (Å²) in [4.78, 5) is 15.3. The number of hydrogen-bond acceptors (Lipinski definition) is 4. The normalized spacial score (nSPS) is 17.7. The lowest BCUT2D eigenvalue weighted by atomic mass is 9.99. The summed E-state index contributed by atoms with van der Waals surface area (Å²) in [6.45, 7) is 3.67. The third-order valence-electron chi connectivity index (χ3n) is 6.19. The first-order valence-electron chi connectivity index (χ1n) is 11.0. The number of sulfonamides is 1. The molecule has 0 saturated carbocycles. The van der Waals surface area contributed by atoms with Crippen molar-refractivity contribution in [2.24, 2.45) is 0 Å². The second kappa shape index (κ2) is 9.01. The quantitative estimate of drug-likeness (QED) is 0.713. The highest BCUT2D eigenvalue weighted by Crippen LogP contribution is 2.32. The molecule has 0 spiro atoms. The van der Waals surface area contributed by atoms with Gasteiger partial charge in [0.05, 0.1) is 7.11 Å². The maximum absolute atomic E-state index is 13.4. The number of carbonyl (C=O) groups is 1. The van der Waals surface area contributed by atoms with E-state index in [4.69, 9.17) is 4.74 Å². The Morgan fingerprint density at radius 2 is 1.68 bits per heavy atom. The van der Waals surface area contributed by atoms with E-state index in [1.54, 1.807) is 17.0 Å². The fourth-order valence-corrected chi connectivity index (χ4v) is 6.22. The van der Waals surface area contributed by atoms with Gasteiger partial charge in [0.15, 0.2) is 0 Å². The molecule has 0 atom stereocenters. The first-order chi connectivity index (χ1) is 14.9. The minimum absolute atomic E-state index is 0.0730. The van der Waals surface area contributed by atoms with Crippen LogP contribution in [0.25, 0.3) is 0 Å². The van der Waals surface area contributed by atoms with Gasteiger partial charge in [-0.2, -0.15) is 4.31 Å². The number of fused-ring (bicyclic) bond motifs is 1. The van der Waals surface area contributed by atoms with Crippen LogP contribution in [-0.2, 0) is 16.4 Å². The molecule has 0 unspecified atom stereocenters. The third-order valence-corrected chi connectivity index (χ3v) is 8.11.